The van der Waals surface area contributed by atoms with Crippen LogP contribution < -0.4 is 22.7 Å². The number of nitrogens with one attached hydrogen (secondary N) is 1. The predicted octanol–water partition coefficient (Wildman–Crippen LogP) is 4.36. The Morgan fingerprint density at radius 1 is 0.911 bits per heavy atom. The second-order valence-corrected chi connectivity index (χ2v) is 28.2. The summed E-state index contributed by atoms with van der Waals surface area (Å²) in [6.07, 6.45) is -1.89. The Hall–Kier alpha value is -3.37. The topological polar surface area (TPSA) is 269 Å². The lowest BCUT2D eigenvalue weighted by Gasteiger charge is -2.39. The van der Waals surface area contributed by atoms with Crippen LogP contribution in [0.4, 0.5) is 11.9 Å². The predicted molar refractivity (Wildman–Crippen MR) is 210 cm³/mol. The maximum absolute atomic E-state index is 14.6. The maximum Gasteiger partial charge on any atom is 0.475 e. The van der Waals surface area contributed by atoms with E-state index in [1.165, 1.54) is 17.2 Å². The molecule has 0 radical (unpaired) electrons. The van der Waals surface area contributed by atoms with E-state index < -0.39 is 72.6 Å². The van der Waals surface area contributed by atoms with Crippen molar-refractivity contribution in [2.45, 2.75) is 134 Å². The molecule has 2 aliphatic rings. The Labute approximate surface area is 327 Å². The molecule has 0 aliphatic carbocycles. The second kappa shape index (κ2) is 16.5. The third-order valence-electron chi connectivity index (χ3n) is 11.0. The highest BCUT2D eigenvalue weighted by molar-refractivity contribution is 7.48. The molecule has 5 N–H and O–H groups in total. The fourth-order valence-electron chi connectivity index (χ4n) is 5.68. The van der Waals surface area contributed by atoms with Crippen molar-refractivity contribution < 1.29 is 36.5 Å². The second-order valence-electron chi connectivity index (χ2n) is 17.0. The number of fused-ring (bicyclic) bond motifs is 1. The van der Waals surface area contributed by atoms with E-state index in [9.17, 15) is 19.4 Å². The Morgan fingerprint density at radius 2 is 1.52 bits per heavy atom. The molecule has 0 bridgehead atoms. The molecular weight excluding hydrogens is 784 g/mol. The molecule has 20 nitrogen and oxygen atoms in total. The van der Waals surface area contributed by atoms with Crippen molar-refractivity contribution in [1.29, 1.82) is 5.26 Å². The van der Waals surface area contributed by atoms with Crippen LogP contribution in [0.5, 0.6) is 0 Å². The van der Waals surface area contributed by atoms with Crippen molar-refractivity contribution in [3.8, 4) is 6.07 Å². The average Bonchev–Trinajstić information content (AvgIpc) is 3.78. The van der Waals surface area contributed by atoms with E-state index in [1.807, 2.05) is 6.07 Å². The molecule has 56 heavy (non-hydrogen) atoms. The van der Waals surface area contributed by atoms with Crippen LogP contribution in [-0.2, 0) is 36.5 Å². The molecule has 2 unspecified atom stereocenters. The Kier molecular flexibility index (Phi) is 12.9. The first-order valence-corrected chi connectivity index (χ1v) is 25.7. The minimum atomic E-state index is -4.50. The number of imidazole rings is 1. The van der Waals surface area contributed by atoms with Gasteiger partial charge in [0.15, 0.2) is 27.8 Å². The molecule has 0 saturated carbocycles. The maximum atomic E-state index is 14.6. The molecule has 5 heterocycles. The molecule has 7 atom stereocenters. The number of H-pyrrole nitrogens is 1. The lowest BCUT2D eigenvalue weighted by atomic mass is 10.2. The number of aromatic amines is 1. The van der Waals surface area contributed by atoms with Crippen molar-refractivity contribution in [3.63, 3.8) is 0 Å². The minimum Gasteiger partial charge on any atom is -0.414 e. The Balaban J connectivity index is 1.43. The molecule has 2 fully saturated rings. The van der Waals surface area contributed by atoms with Gasteiger partial charge < -0.3 is 29.8 Å². The summed E-state index contributed by atoms with van der Waals surface area (Å²) in [4.78, 5) is 44.0. The van der Waals surface area contributed by atoms with Gasteiger partial charge in [0.1, 0.15) is 37.1 Å². The normalized spacial score (nSPS) is 24.7. The van der Waals surface area contributed by atoms with E-state index in [-0.39, 0.29) is 65.8 Å². The highest BCUT2D eigenvalue weighted by atomic mass is 31.2. The number of aromatic nitrogens is 7. The first-order chi connectivity index (χ1) is 25.9. The number of phosphoric acid groups is 1. The molecule has 0 spiro atoms. The van der Waals surface area contributed by atoms with Gasteiger partial charge in [-0.3, -0.25) is 32.5 Å². The number of nitrogen functional groups attached to an aromatic ring is 2. The van der Waals surface area contributed by atoms with Gasteiger partial charge in [0.25, 0.3) is 5.56 Å². The van der Waals surface area contributed by atoms with Crippen molar-refractivity contribution >= 4 is 47.5 Å². The van der Waals surface area contributed by atoms with Crippen molar-refractivity contribution in [1.82, 2.24) is 34.1 Å². The van der Waals surface area contributed by atoms with E-state index in [0.717, 1.165) is 0 Å². The summed E-state index contributed by atoms with van der Waals surface area (Å²) < 4.78 is 61.5. The number of ether oxygens (including phenoxy) is 2. The number of rotatable bonds is 15. The van der Waals surface area contributed by atoms with Crippen molar-refractivity contribution in [2.24, 2.45) is 0 Å². The van der Waals surface area contributed by atoms with Gasteiger partial charge >= 0.3 is 13.5 Å². The highest BCUT2D eigenvalue weighted by Gasteiger charge is 2.49. The number of phosphoric ester groups is 1. The number of nitrogens with two attached hydrogens (primary N) is 2. The van der Waals surface area contributed by atoms with Crippen LogP contribution in [0.2, 0.25) is 36.3 Å². The molecule has 3 aromatic heterocycles. The molecule has 23 heteroatoms. The molecule has 0 amide bonds. The van der Waals surface area contributed by atoms with Gasteiger partial charge in [-0.05, 0) is 36.3 Å². The van der Waals surface area contributed by atoms with Crippen LogP contribution >= 0.6 is 7.82 Å². The number of hydrogen-bond acceptors (Lipinski definition) is 17. The highest BCUT2D eigenvalue weighted by Crippen LogP contribution is 2.54. The molecule has 310 valence electrons. The van der Waals surface area contributed by atoms with Crippen LogP contribution in [0.15, 0.2) is 22.2 Å². The van der Waals surface area contributed by atoms with Crippen LogP contribution in [0, 0.1) is 11.3 Å². The zero-order valence-electron chi connectivity index (χ0n) is 33.7. The summed E-state index contributed by atoms with van der Waals surface area (Å²) >= 11 is 0. The van der Waals surface area contributed by atoms with Gasteiger partial charge in [-0.1, -0.05) is 41.5 Å². The summed E-state index contributed by atoms with van der Waals surface area (Å²) in [6, 6.07) is 1.97. The molecule has 3 aromatic rings. The van der Waals surface area contributed by atoms with Crippen molar-refractivity contribution in [3.05, 3.63) is 33.5 Å². The SMILES string of the molecule is CC(C)(C)[Si](C)(C)OC[C@H]1O[C@@H](n2cnc(N)nc2=O)C[C@H]1OP(=O)(OCCC#N)OC[C@H]1O[C@@H](n2cnc3c(=O)[nH]c(N)nc32)CC1O[Si](C)(C)C(C)(C)C. The summed E-state index contributed by atoms with van der Waals surface area (Å²) in [5.41, 5.74) is 10.6. The van der Waals surface area contributed by atoms with Gasteiger partial charge in [0, 0.05) is 12.8 Å². The zero-order chi connectivity index (χ0) is 41.4. The zero-order valence-corrected chi connectivity index (χ0v) is 36.6. The van der Waals surface area contributed by atoms with Crippen LogP contribution in [0.25, 0.3) is 11.2 Å². The van der Waals surface area contributed by atoms with Crippen LogP contribution in [0.3, 0.4) is 0 Å². The van der Waals surface area contributed by atoms with Gasteiger partial charge in [-0.25, -0.2) is 19.3 Å². The molecule has 2 aliphatic heterocycles. The van der Waals surface area contributed by atoms with Gasteiger partial charge in [-0.2, -0.15) is 15.2 Å². The van der Waals surface area contributed by atoms with Gasteiger partial charge in [0.2, 0.25) is 11.9 Å². The summed E-state index contributed by atoms with van der Waals surface area (Å²) in [5, 5.41) is 8.98. The lowest BCUT2D eigenvalue weighted by Crippen LogP contribution is -2.46. The molecular formula is C33H55N10O10PSi2. The third kappa shape index (κ3) is 9.83. The smallest absolute Gasteiger partial charge is 0.414 e. The number of nitrogens with zero attached hydrogens (tertiary/aromatic N) is 7. The van der Waals surface area contributed by atoms with Crippen LogP contribution in [-0.4, -0.2) is 94.9 Å². The van der Waals surface area contributed by atoms with E-state index in [4.69, 9.17) is 43.4 Å². The fourth-order valence-corrected chi connectivity index (χ4v) is 9.44. The largest absolute Gasteiger partial charge is 0.475 e. The number of anilines is 2. The Morgan fingerprint density at radius 3 is 2.14 bits per heavy atom. The lowest BCUT2D eigenvalue weighted by molar-refractivity contribution is -0.0567. The number of nitriles is 1. The quantitative estimate of drug-likeness (QED) is 0.109. The fraction of sp³-hybridized carbons (Fsp3) is 0.727. The summed E-state index contributed by atoms with van der Waals surface area (Å²) in [7, 11) is -9.22. The molecule has 5 rings (SSSR count). The van der Waals surface area contributed by atoms with Gasteiger partial charge in [-0.15, -0.1) is 0 Å². The third-order valence-corrected chi connectivity index (χ3v) is 21.5. The van der Waals surface area contributed by atoms with E-state index in [1.54, 1.807) is 4.57 Å². The van der Waals surface area contributed by atoms with E-state index >= 15 is 0 Å². The van der Waals surface area contributed by atoms with E-state index in [0.29, 0.717) is 6.42 Å². The van der Waals surface area contributed by atoms with Crippen LogP contribution in [0.1, 0.15) is 73.3 Å². The standard InChI is InChI=1S/C33H55N10O10PSi2/c1-32(2,3)55(7,8)49-17-23-20(14-25(51-23)43-19-38-29(35)41-31(43)45)52-54(46,47-13-11-12-34)48-16-22-21(53-56(9,10)33(4,5)6)15-24(50-22)42-18-37-26-27(42)39-30(36)40-28(26)44/h18-25H,11,13-17H2,1-10H3,(H2,35,41,45)(H3,36,39,40,44)/t20-,21?,22-,23-,24-,25-,54?/m1/s1. The molecule has 0 aromatic carbocycles. The Bertz CT molecular complexity index is 2080. The van der Waals surface area contributed by atoms with Gasteiger partial charge in [0.05, 0.1) is 44.7 Å². The average molecular weight is 839 g/mol. The van der Waals surface area contributed by atoms with E-state index in [2.05, 4.69) is 92.7 Å². The summed E-state index contributed by atoms with van der Waals surface area (Å²) in [5.74, 6) is -0.273. The van der Waals surface area contributed by atoms with Crippen molar-refractivity contribution in [2.75, 3.05) is 31.3 Å². The molecule has 2 saturated heterocycles. The first-order valence-electron chi connectivity index (χ1n) is 18.4. The monoisotopic (exact) mass is 838 g/mol. The minimum absolute atomic E-state index is 0.0236. The first kappa shape index (κ1) is 43.8. The summed E-state index contributed by atoms with van der Waals surface area (Å²) in [6.45, 7) is 20.5. The number of hydrogen-bond donors (Lipinski definition) is 3.